The fourth-order valence-electron chi connectivity index (χ4n) is 4.00. The molecule has 0 bridgehead atoms. The van der Waals surface area contributed by atoms with Crippen LogP contribution in [0.25, 0.3) is 11.0 Å². The topological polar surface area (TPSA) is 106 Å². The van der Waals surface area contributed by atoms with Gasteiger partial charge in [-0.25, -0.2) is 9.97 Å². The van der Waals surface area contributed by atoms with Crippen molar-refractivity contribution in [2.45, 2.75) is 44.6 Å². The van der Waals surface area contributed by atoms with Crippen molar-refractivity contribution in [1.29, 1.82) is 0 Å². The van der Waals surface area contributed by atoms with Gasteiger partial charge < -0.3 is 25.3 Å². The maximum atomic E-state index is 14.2. The predicted molar refractivity (Wildman–Crippen MR) is 107 cm³/mol. The van der Waals surface area contributed by atoms with Crippen LogP contribution in [-0.2, 0) is 4.74 Å². The van der Waals surface area contributed by atoms with Crippen molar-refractivity contribution >= 4 is 28.5 Å². The molecule has 5 atom stereocenters. The summed E-state index contributed by atoms with van der Waals surface area (Å²) in [6.45, 7) is 2.51. The quantitative estimate of drug-likeness (QED) is 0.556. The molecule has 4 rings (SSSR count). The zero-order chi connectivity index (χ0) is 22.7. The standard InChI is InChI=1S/C20H20ClF3N4O3/c1-9-7-10(3-4-12(9)21)13(29)15-19(2,20(22,23)24)14(30)18(31-15)28-6-5-11-16(25)26-8-27-17(11)28/h3-8,13-15,18,29-30H,1-2H3,(H2,25,26,27)/t13-,14+,15?,18-,19-/m1/s1. The van der Waals surface area contributed by atoms with Gasteiger partial charge in [-0.2, -0.15) is 13.2 Å². The molecule has 4 N–H and O–H groups in total. The third kappa shape index (κ3) is 3.25. The molecule has 0 aliphatic carbocycles. The van der Waals surface area contributed by atoms with E-state index >= 15 is 0 Å². The van der Waals surface area contributed by atoms with E-state index in [0.29, 0.717) is 16.0 Å². The lowest BCUT2D eigenvalue weighted by Crippen LogP contribution is -2.51. The molecule has 1 saturated heterocycles. The molecule has 2 aromatic heterocycles. The summed E-state index contributed by atoms with van der Waals surface area (Å²) in [6.07, 6.45) is -9.28. The minimum atomic E-state index is -4.88. The Bertz CT molecular complexity index is 1140. The molecule has 0 radical (unpaired) electrons. The molecule has 11 heteroatoms. The molecule has 7 nitrogen and oxygen atoms in total. The second-order valence-corrected chi connectivity index (χ2v) is 8.25. The van der Waals surface area contributed by atoms with Gasteiger partial charge in [0.05, 0.1) is 5.39 Å². The Labute approximate surface area is 180 Å². The SMILES string of the molecule is Cc1cc([C@@H](O)C2O[C@@H](n3ccc4c(N)ncnc43)[C@H](O)[C@@]2(C)C(F)(F)F)ccc1Cl. The molecule has 3 aromatic rings. The van der Waals surface area contributed by atoms with Crippen LogP contribution in [-0.4, -0.2) is 43.1 Å². The molecule has 1 fully saturated rings. The fraction of sp³-hybridized carbons (Fsp3) is 0.400. The van der Waals surface area contributed by atoms with E-state index < -0.39 is 36.1 Å². The molecule has 3 heterocycles. The lowest BCUT2D eigenvalue weighted by molar-refractivity contribution is -0.261. The van der Waals surface area contributed by atoms with Gasteiger partial charge in [0, 0.05) is 11.2 Å². The van der Waals surface area contributed by atoms with Crippen LogP contribution in [0.4, 0.5) is 19.0 Å². The number of hydrogen-bond donors (Lipinski definition) is 3. The van der Waals surface area contributed by atoms with Crippen molar-refractivity contribution in [1.82, 2.24) is 14.5 Å². The first-order valence-electron chi connectivity index (χ1n) is 9.38. The van der Waals surface area contributed by atoms with Gasteiger partial charge in [-0.3, -0.25) is 0 Å². The van der Waals surface area contributed by atoms with Gasteiger partial charge in [0.2, 0.25) is 0 Å². The van der Waals surface area contributed by atoms with E-state index in [2.05, 4.69) is 9.97 Å². The number of nitrogen functional groups attached to an aromatic ring is 1. The van der Waals surface area contributed by atoms with Crippen LogP contribution < -0.4 is 5.73 Å². The molecular formula is C20H20ClF3N4O3. The van der Waals surface area contributed by atoms with Crippen LogP contribution in [0.5, 0.6) is 0 Å². The van der Waals surface area contributed by atoms with Gasteiger partial charge in [-0.05, 0) is 37.1 Å². The fourth-order valence-corrected chi connectivity index (χ4v) is 4.12. The summed E-state index contributed by atoms with van der Waals surface area (Å²) in [5, 5.41) is 22.5. The number of alkyl halides is 3. The first kappa shape index (κ1) is 21.8. The van der Waals surface area contributed by atoms with Gasteiger partial charge in [-0.15, -0.1) is 0 Å². The second kappa shape index (κ2) is 7.33. The van der Waals surface area contributed by atoms with Crippen molar-refractivity contribution in [3.63, 3.8) is 0 Å². The highest BCUT2D eigenvalue weighted by atomic mass is 35.5. The zero-order valence-corrected chi connectivity index (χ0v) is 17.3. The summed E-state index contributed by atoms with van der Waals surface area (Å²) in [4.78, 5) is 7.91. The van der Waals surface area contributed by atoms with E-state index in [1.54, 1.807) is 6.92 Å². The van der Waals surface area contributed by atoms with Crippen molar-refractivity contribution in [3.8, 4) is 0 Å². The monoisotopic (exact) mass is 456 g/mol. The van der Waals surface area contributed by atoms with Gasteiger partial charge in [0.15, 0.2) is 6.23 Å². The number of nitrogens with two attached hydrogens (primary N) is 1. The summed E-state index contributed by atoms with van der Waals surface area (Å²) in [5.74, 6) is 0.142. The Balaban J connectivity index is 1.81. The molecule has 1 unspecified atom stereocenters. The zero-order valence-electron chi connectivity index (χ0n) is 16.5. The number of halogens is 4. The smallest absolute Gasteiger partial charge is 0.387 e. The number of hydrogen-bond acceptors (Lipinski definition) is 6. The number of fused-ring (bicyclic) bond motifs is 1. The van der Waals surface area contributed by atoms with Gasteiger partial charge in [-0.1, -0.05) is 23.7 Å². The minimum Gasteiger partial charge on any atom is -0.387 e. The minimum absolute atomic E-state index is 0.142. The number of nitrogens with zero attached hydrogens (tertiary/aromatic N) is 3. The Morgan fingerprint density at radius 2 is 2.00 bits per heavy atom. The van der Waals surface area contributed by atoms with E-state index in [1.807, 2.05) is 0 Å². The van der Waals surface area contributed by atoms with Crippen molar-refractivity contribution in [2.75, 3.05) is 5.73 Å². The van der Waals surface area contributed by atoms with E-state index in [0.717, 1.165) is 6.92 Å². The molecule has 31 heavy (non-hydrogen) atoms. The number of aliphatic hydroxyl groups excluding tert-OH is 2. The third-order valence-electron chi connectivity index (χ3n) is 6.00. The maximum absolute atomic E-state index is 14.2. The van der Waals surface area contributed by atoms with Gasteiger partial charge in [0.25, 0.3) is 0 Å². The second-order valence-electron chi connectivity index (χ2n) is 7.85. The van der Waals surface area contributed by atoms with Crippen LogP contribution in [0.1, 0.15) is 30.4 Å². The maximum Gasteiger partial charge on any atom is 0.399 e. The Morgan fingerprint density at radius 1 is 1.29 bits per heavy atom. The van der Waals surface area contributed by atoms with Crippen molar-refractivity contribution in [3.05, 3.63) is 52.9 Å². The molecule has 1 aliphatic heterocycles. The summed E-state index contributed by atoms with van der Waals surface area (Å²) in [6, 6.07) is 5.94. The first-order chi connectivity index (χ1) is 14.5. The van der Waals surface area contributed by atoms with Crippen LogP contribution in [0, 0.1) is 12.3 Å². The number of benzene rings is 1. The van der Waals surface area contributed by atoms with Crippen LogP contribution >= 0.6 is 11.6 Å². The van der Waals surface area contributed by atoms with Crippen LogP contribution in [0.3, 0.4) is 0 Å². The number of anilines is 1. The third-order valence-corrected chi connectivity index (χ3v) is 6.42. The van der Waals surface area contributed by atoms with E-state index in [1.165, 1.54) is 41.4 Å². The molecule has 1 aliphatic rings. The highest BCUT2D eigenvalue weighted by Gasteiger charge is 2.69. The Hall–Kier alpha value is -2.40. The lowest BCUT2D eigenvalue weighted by atomic mass is 9.76. The van der Waals surface area contributed by atoms with Gasteiger partial charge >= 0.3 is 6.18 Å². The molecule has 166 valence electrons. The average Bonchev–Trinajstić information content (AvgIpc) is 3.24. The Kier molecular flexibility index (Phi) is 5.16. The molecule has 0 amide bonds. The number of aryl methyl sites for hydroxylation is 1. The first-order valence-corrected chi connectivity index (χ1v) is 9.76. The average molecular weight is 457 g/mol. The van der Waals surface area contributed by atoms with Crippen molar-refractivity contribution < 1.29 is 28.1 Å². The predicted octanol–water partition coefficient (Wildman–Crippen LogP) is 3.54. The van der Waals surface area contributed by atoms with Crippen LogP contribution in [0.15, 0.2) is 36.8 Å². The highest BCUT2D eigenvalue weighted by Crippen LogP contribution is 2.56. The number of ether oxygens (including phenoxy) is 1. The summed E-state index contributed by atoms with van der Waals surface area (Å²) in [5.41, 5.74) is 4.02. The van der Waals surface area contributed by atoms with E-state index in [-0.39, 0.29) is 17.0 Å². The van der Waals surface area contributed by atoms with Crippen molar-refractivity contribution in [2.24, 2.45) is 5.41 Å². The summed E-state index contributed by atoms with van der Waals surface area (Å²) in [7, 11) is 0. The molecule has 0 saturated carbocycles. The summed E-state index contributed by atoms with van der Waals surface area (Å²) >= 11 is 6.00. The molecular weight excluding hydrogens is 437 g/mol. The van der Waals surface area contributed by atoms with E-state index in [4.69, 9.17) is 22.1 Å². The van der Waals surface area contributed by atoms with Crippen LogP contribution in [0.2, 0.25) is 5.02 Å². The summed E-state index contributed by atoms with van der Waals surface area (Å²) < 4.78 is 49.7. The van der Waals surface area contributed by atoms with E-state index in [9.17, 15) is 23.4 Å². The highest BCUT2D eigenvalue weighted by molar-refractivity contribution is 6.31. The van der Waals surface area contributed by atoms with Gasteiger partial charge in [0.1, 0.15) is 41.5 Å². The molecule has 1 aromatic carbocycles. The normalized spacial score (nSPS) is 27.7. The largest absolute Gasteiger partial charge is 0.399 e. The number of aliphatic hydroxyl groups is 2. The number of rotatable bonds is 3. The Morgan fingerprint density at radius 3 is 2.65 bits per heavy atom. The lowest BCUT2D eigenvalue weighted by Gasteiger charge is -2.36. The number of aromatic nitrogens is 3. The molecule has 0 spiro atoms.